The highest BCUT2D eigenvalue weighted by Crippen LogP contribution is 2.18. The summed E-state index contributed by atoms with van der Waals surface area (Å²) in [6, 6.07) is 0.509. The molecule has 21 heavy (non-hydrogen) atoms. The van der Waals surface area contributed by atoms with Gasteiger partial charge in [-0.1, -0.05) is 13.8 Å². The van der Waals surface area contributed by atoms with E-state index in [0.717, 1.165) is 32.5 Å². The van der Waals surface area contributed by atoms with Gasteiger partial charge in [-0.15, -0.1) is 0 Å². The van der Waals surface area contributed by atoms with Gasteiger partial charge in [0.1, 0.15) is 0 Å². The monoisotopic (exact) mass is 293 g/mol. The average molecular weight is 293 g/mol. The summed E-state index contributed by atoms with van der Waals surface area (Å²) in [5.74, 6) is 0.207. The number of hydrogen-bond donors (Lipinski definition) is 2. The van der Waals surface area contributed by atoms with Crippen molar-refractivity contribution in [3.05, 3.63) is 17.5 Å². The molecule has 1 aromatic heterocycles. The number of aromatic nitrogens is 2. The highest BCUT2D eigenvalue weighted by atomic mass is 16.1. The van der Waals surface area contributed by atoms with Crippen molar-refractivity contribution < 1.29 is 4.79 Å². The molecule has 0 unspecified atom stereocenters. The lowest BCUT2D eigenvalue weighted by atomic mass is 10.0. The summed E-state index contributed by atoms with van der Waals surface area (Å²) in [5, 5.41) is 8.16. The van der Waals surface area contributed by atoms with Gasteiger partial charge in [0.15, 0.2) is 0 Å². The zero-order chi connectivity index (χ0) is 15.4. The predicted octanol–water partition coefficient (Wildman–Crippen LogP) is 0.583. The molecule has 2 rings (SSSR count). The van der Waals surface area contributed by atoms with Gasteiger partial charge in [0, 0.05) is 44.5 Å². The smallest absolute Gasteiger partial charge is 0.231 e. The van der Waals surface area contributed by atoms with E-state index in [1.807, 2.05) is 11.7 Å². The van der Waals surface area contributed by atoms with Crippen LogP contribution in [-0.4, -0.2) is 46.3 Å². The van der Waals surface area contributed by atoms with Gasteiger partial charge in [0.2, 0.25) is 5.91 Å². The maximum absolute atomic E-state index is 10.9. The number of rotatable bonds is 6. The molecular weight excluding hydrogens is 266 g/mol. The van der Waals surface area contributed by atoms with E-state index < -0.39 is 0 Å². The molecule has 1 saturated heterocycles. The van der Waals surface area contributed by atoms with E-state index in [0.29, 0.717) is 18.5 Å². The van der Waals surface area contributed by atoms with E-state index >= 15 is 0 Å². The van der Waals surface area contributed by atoms with Gasteiger partial charge in [-0.25, -0.2) is 0 Å². The molecule has 118 valence electrons. The molecule has 0 aliphatic carbocycles. The molecule has 3 N–H and O–H groups in total. The number of piperidine rings is 1. The molecule has 0 saturated carbocycles. The van der Waals surface area contributed by atoms with Crippen LogP contribution in [0.3, 0.4) is 0 Å². The standard InChI is InChI=1S/C15H27N5O/c1-11(2)15-12(9-19(3)18-15)8-17-13-4-6-20(7-5-13)10-14(16)21/h9,11,13,17H,4-8,10H2,1-3H3,(H2,16,21). The van der Waals surface area contributed by atoms with Gasteiger partial charge in [-0.2, -0.15) is 5.10 Å². The lowest BCUT2D eigenvalue weighted by Gasteiger charge is -2.31. The number of primary amides is 1. The van der Waals surface area contributed by atoms with E-state index in [2.05, 4.69) is 35.4 Å². The Morgan fingerprint density at radius 2 is 2.14 bits per heavy atom. The molecule has 0 spiro atoms. The van der Waals surface area contributed by atoms with Crippen LogP contribution < -0.4 is 11.1 Å². The first kappa shape index (κ1) is 16.0. The van der Waals surface area contributed by atoms with Crippen molar-refractivity contribution in [3.8, 4) is 0 Å². The Labute approximate surface area is 126 Å². The number of carbonyl (C=O) groups excluding carboxylic acids is 1. The summed E-state index contributed by atoms with van der Waals surface area (Å²) in [6.45, 7) is 7.46. The van der Waals surface area contributed by atoms with Crippen LogP contribution in [0.1, 0.15) is 43.9 Å². The van der Waals surface area contributed by atoms with Crippen molar-refractivity contribution >= 4 is 5.91 Å². The molecule has 1 aliphatic rings. The van der Waals surface area contributed by atoms with Crippen LogP contribution in [0.25, 0.3) is 0 Å². The Hall–Kier alpha value is -1.40. The number of nitrogens with zero attached hydrogens (tertiary/aromatic N) is 3. The molecule has 2 heterocycles. The van der Waals surface area contributed by atoms with E-state index in [1.54, 1.807) is 0 Å². The second-order valence-corrected chi connectivity index (χ2v) is 6.27. The highest BCUT2D eigenvalue weighted by molar-refractivity contribution is 5.75. The average Bonchev–Trinajstić information content (AvgIpc) is 2.79. The number of amides is 1. The molecular formula is C15H27N5O. The predicted molar refractivity (Wildman–Crippen MR) is 82.8 cm³/mol. The Morgan fingerprint density at radius 1 is 1.48 bits per heavy atom. The molecule has 6 nitrogen and oxygen atoms in total. The number of aryl methyl sites for hydroxylation is 1. The lowest BCUT2D eigenvalue weighted by Crippen LogP contribution is -2.45. The molecule has 1 aromatic rings. The molecule has 1 amide bonds. The first-order chi connectivity index (χ1) is 9.95. The second-order valence-electron chi connectivity index (χ2n) is 6.27. The van der Waals surface area contributed by atoms with Gasteiger partial charge in [-0.3, -0.25) is 14.4 Å². The molecule has 0 radical (unpaired) electrons. The Bertz CT molecular complexity index is 474. The number of nitrogens with one attached hydrogen (secondary N) is 1. The van der Waals surface area contributed by atoms with Crippen molar-refractivity contribution in [1.29, 1.82) is 0 Å². The third kappa shape index (κ3) is 4.54. The van der Waals surface area contributed by atoms with Crippen molar-refractivity contribution in [2.24, 2.45) is 12.8 Å². The molecule has 0 aromatic carbocycles. The topological polar surface area (TPSA) is 76.2 Å². The first-order valence-electron chi connectivity index (χ1n) is 7.72. The number of hydrogen-bond acceptors (Lipinski definition) is 4. The Morgan fingerprint density at radius 3 is 2.71 bits per heavy atom. The minimum absolute atomic E-state index is 0.238. The molecule has 0 bridgehead atoms. The van der Waals surface area contributed by atoms with E-state index in [-0.39, 0.29) is 5.91 Å². The van der Waals surface area contributed by atoms with Gasteiger partial charge in [-0.05, 0) is 18.8 Å². The lowest BCUT2D eigenvalue weighted by molar-refractivity contribution is -0.119. The summed E-state index contributed by atoms with van der Waals surface area (Å²) in [5.41, 5.74) is 7.70. The number of nitrogens with two attached hydrogens (primary N) is 1. The number of carbonyl (C=O) groups is 1. The van der Waals surface area contributed by atoms with Crippen LogP contribution in [0.5, 0.6) is 0 Å². The largest absolute Gasteiger partial charge is 0.369 e. The first-order valence-corrected chi connectivity index (χ1v) is 7.72. The Kier molecular flexibility index (Phi) is 5.36. The molecule has 6 heteroatoms. The van der Waals surface area contributed by atoms with Crippen molar-refractivity contribution in [3.63, 3.8) is 0 Å². The quantitative estimate of drug-likeness (QED) is 0.804. The van der Waals surface area contributed by atoms with Crippen LogP contribution in [0.4, 0.5) is 0 Å². The molecule has 1 aliphatic heterocycles. The van der Waals surface area contributed by atoms with Gasteiger partial charge >= 0.3 is 0 Å². The highest BCUT2D eigenvalue weighted by Gasteiger charge is 2.20. The normalized spacial score (nSPS) is 17.5. The van der Waals surface area contributed by atoms with Crippen molar-refractivity contribution in [2.75, 3.05) is 19.6 Å². The zero-order valence-electron chi connectivity index (χ0n) is 13.3. The molecule has 1 fully saturated rings. The summed E-state index contributed by atoms with van der Waals surface area (Å²) >= 11 is 0. The fourth-order valence-electron chi connectivity index (χ4n) is 2.95. The number of likely N-dealkylation sites (tertiary alicyclic amines) is 1. The summed E-state index contributed by atoms with van der Waals surface area (Å²) in [6.07, 6.45) is 4.22. The van der Waals surface area contributed by atoms with Crippen LogP contribution in [0, 0.1) is 0 Å². The summed E-state index contributed by atoms with van der Waals surface area (Å²) < 4.78 is 1.89. The summed E-state index contributed by atoms with van der Waals surface area (Å²) in [7, 11) is 1.97. The van der Waals surface area contributed by atoms with E-state index in [1.165, 1.54) is 11.3 Å². The fourth-order valence-corrected chi connectivity index (χ4v) is 2.95. The minimum Gasteiger partial charge on any atom is -0.369 e. The van der Waals surface area contributed by atoms with E-state index in [9.17, 15) is 4.79 Å². The third-order valence-electron chi connectivity index (χ3n) is 4.03. The van der Waals surface area contributed by atoms with Gasteiger partial charge in [0.05, 0.1) is 12.2 Å². The van der Waals surface area contributed by atoms with Crippen LogP contribution in [0.15, 0.2) is 6.20 Å². The second kappa shape index (κ2) is 7.04. The maximum atomic E-state index is 10.9. The zero-order valence-corrected chi connectivity index (χ0v) is 13.3. The SMILES string of the molecule is CC(C)c1nn(C)cc1CNC1CCN(CC(N)=O)CC1. The van der Waals surface area contributed by atoms with Crippen LogP contribution in [0.2, 0.25) is 0 Å². The summed E-state index contributed by atoms with van der Waals surface area (Å²) in [4.78, 5) is 13.0. The van der Waals surface area contributed by atoms with Gasteiger partial charge < -0.3 is 11.1 Å². The minimum atomic E-state index is -0.238. The van der Waals surface area contributed by atoms with Crippen LogP contribution >= 0.6 is 0 Å². The third-order valence-corrected chi connectivity index (χ3v) is 4.03. The van der Waals surface area contributed by atoms with Crippen molar-refractivity contribution in [1.82, 2.24) is 20.0 Å². The fraction of sp³-hybridized carbons (Fsp3) is 0.733. The van der Waals surface area contributed by atoms with Gasteiger partial charge in [0.25, 0.3) is 0 Å². The van der Waals surface area contributed by atoms with Crippen molar-refractivity contribution in [2.45, 2.75) is 45.2 Å². The maximum Gasteiger partial charge on any atom is 0.231 e. The van der Waals surface area contributed by atoms with Crippen LogP contribution in [-0.2, 0) is 18.4 Å². The molecule has 0 atom stereocenters. The van der Waals surface area contributed by atoms with E-state index in [4.69, 9.17) is 5.73 Å². The Balaban J connectivity index is 1.81.